The first-order chi connectivity index (χ1) is 8.55. The predicted molar refractivity (Wildman–Crippen MR) is 67.7 cm³/mol. The van der Waals surface area contributed by atoms with Gasteiger partial charge in [0.25, 0.3) is 0 Å². The Kier molecular flexibility index (Phi) is 2.76. The lowest BCUT2D eigenvalue weighted by atomic mass is 10.1. The van der Waals surface area contributed by atoms with E-state index in [0.29, 0.717) is 12.0 Å². The largest absolute Gasteiger partial charge is 0.352 e. The Labute approximate surface area is 106 Å². The van der Waals surface area contributed by atoms with Gasteiger partial charge in [-0.25, -0.2) is 18.5 Å². The standard InChI is InChI=1S/C11H16N4O2S/c12-18(16,17)9-1-2-11(14-6-9)15-4-3-8-5-13-7-10(8)15/h1-2,6,8,10,13H,3-5,7H2,(H2,12,16,17)/t8-,10+/m1/s1. The lowest BCUT2D eigenvalue weighted by molar-refractivity contribution is 0.577. The van der Waals surface area contributed by atoms with Crippen LogP contribution >= 0.6 is 0 Å². The minimum Gasteiger partial charge on any atom is -0.352 e. The minimum atomic E-state index is -3.65. The van der Waals surface area contributed by atoms with Crippen LogP contribution in [0.3, 0.4) is 0 Å². The number of fused-ring (bicyclic) bond motifs is 1. The van der Waals surface area contributed by atoms with Gasteiger partial charge in [-0.3, -0.25) is 0 Å². The molecule has 2 aliphatic rings. The number of anilines is 1. The number of nitrogens with two attached hydrogens (primary N) is 1. The van der Waals surface area contributed by atoms with Crippen LogP contribution in [0.15, 0.2) is 23.2 Å². The Bertz CT molecular complexity index is 543. The first kappa shape index (κ1) is 11.9. The molecule has 3 heterocycles. The van der Waals surface area contributed by atoms with Crippen LogP contribution in [0, 0.1) is 5.92 Å². The van der Waals surface area contributed by atoms with E-state index < -0.39 is 10.0 Å². The third-order valence-electron chi connectivity index (χ3n) is 3.79. The maximum atomic E-state index is 11.2. The molecule has 3 rings (SSSR count). The van der Waals surface area contributed by atoms with Crippen LogP contribution in [0.1, 0.15) is 6.42 Å². The van der Waals surface area contributed by atoms with E-state index >= 15 is 0 Å². The van der Waals surface area contributed by atoms with Crippen molar-refractivity contribution in [2.24, 2.45) is 11.1 Å². The molecule has 98 valence electrons. The molecule has 0 amide bonds. The van der Waals surface area contributed by atoms with E-state index in [2.05, 4.69) is 15.2 Å². The Balaban J connectivity index is 1.85. The van der Waals surface area contributed by atoms with Gasteiger partial charge in [0.2, 0.25) is 10.0 Å². The van der Waals surface area contributed by atoms with E-state index in [1.807, 2.05) is 0 Å². The van der Waals surface area contributed by atoms with E-state index in [4.69, 9.17) is 5.14 Å². The topological polar surface area (TPSA) is 88.3 Å². The average Bonchev–Trinajstić information content (AvgIpc) is 2.89. The molecule has 1 aromatic heterocycles. The second kappa shape index (κ2) is 4.18. The molecule has 18 heavy (non-hydrogen) atoms. The number of sulfonamides is 1. The van der Waals surface area contributed by atoms with Crippen LogP contribution in [-0.4, -0.2) is 39.1 Å². The highest BCUT2D eigenvalue weighted by atomic mass is 32.2. The number of primary sulfonamides is 1. The second-order valence-corrected chi connectivity index (χ2v) is 6.43. The Morgan fingerprint density at radius 1 is 1.39 bits per heavy atom. The van der Waals surface area contributed by atoms with Crippen molar-refractivity contribution in [3.63, 3.8) is 0 Å². The summed E-state index contributed by atoms with van der Waals surface area (Å²) < 4.78 is 22.3. The smallest absolute Gasteiger partial charge is 0.239 e. The van der Waals surface area contributed by atoms with Gasteiger partial charge in [-0.15, -0.1) is 0 Å². The van der Waals surface area contributed by atoms with Gasteiger partial charge >= 0.3 is 0 Å². The van der Waals surface area contributed by atoms with Gasteiger partial charge in [0.15, 0.2) is 0 Å². The molecule has 7 heteroatoms. The average molecular weight is 268 g/mol. The zero-order valence-electron chi connectivity index (χ0n) is 9.91. The molecule has 2 aliphatic heterocycles. The molecule has 0 bridgehead atoms. The fourth-order valence-corrected chi connectivity index (χ4v) is 3.30. The highest BCUT2D eigenvalue weighted by Crippen LogP contribution is 2.30. The van der Waals surface area contributed by atoms with Crippen LogP contribution in [0.25, 0.3) is 0 Å². The summed E-state index contributed by atoms with van der Waals surface area (Å²) in [6, 6.07) is 3.74. The Morgan fingerprint density at radius 3 is 2.89 bits per heavy atom. The van der Waals surface area contributed by atoms with Crippen LogP contribution in [0.2, 0.25) is 0 Å². The molecule has 2 atom stereocenters. The number of pyridine rings is 1. The molecule has 0 saturated carbocycles. The first-order valence-corrected chi connectivity index (χ1v) is 7.56. The zero-order valence-corrected chi connectivity index (χ0v) is 10.7. The molecular weight excluding hydrogens is 252 g/mol. The van der Waals surface area contributed by atoms with Crippen LogP contribution in [0.5, 0.6) is 0 Å². The summed E-state index contributed by atoms with van der Waals surface area (Å²) in [5.41, 5.74) is 0. The second-order valence-electron chi connectivity index (χ2n) is 4.86. The molecule has 0 aromatic carbocycles. The molecule has 0 unspecified atom stereocenters. The first-order valence-electron chi connectivity index (χ1n) is 6.02. The number of rotatable bonds is 2. The van der Waals surface area contributed by atoms with E-state index in [-0.39, 0.29) is 4.90 Å². The predicted octanol–water partition coefficient (Wildman–Crippen LogP) is -0.473. The van der Waals surface area contributed by atoms with Crippen molar-refractivity contribution >= 4 is 15.8 Å². The molecule has 1 aromatic rings. The summed E-state index contributed by atoms with van der Waals surface area (Å²) >= 11 is 0. The van der Waals surface area contributed by atoms with Crippen LogP contribution in [0.4, 0.5) is 5.82 Å². The summed E-state index contributed by atoms with van der Waals surface area (Å²) in [6.07, 6.45) is 2.50. The van der Waals surface area contributed by atoms with Gasteiger partial charge in [-0.2, -0.15) is 0 Å². The van der Waals surface area contributed by atoms with Crippen LogP contribution in [-0.2, 0) is 10.0 Å². The SMILES string of the molecule is NS(=O)(=O)c1ccc(N2CC[C@@H]3CNC[C@@H]32)nc1. The quantitative estimate of drug-likeness (QED) is 0.757. The van der Waals surface area contributed by atoms with Crippen molar-refractivity contribution in [2.75, 3.05) is 24.5 Å². The molecule has 0 radical (unpaired) electrons. The summed E-state index contributed by atoms with van der Waals surface area (Å²) in [4.78, 5) is 6.54. The van der Waals surface area contributed by atoms with E-state index in [1.54, 1.807) is 6.07 Å². The summed E-state index contributed by atoms with van der Waals surface area (Å²) in [7, 11) is -3.65. The molecular formula is C11H16N4O2S. The Hall–Kier alpha value is -1.18. The third kappa shape index (κ3) is 1.98. The molecule has 2 saturated heterocycles. The highest BCUT2D eigenvalue weighted by Gasteiger charge is 2.37. The number of nitrogens with one attached hydrogen (secondary N) is 1. The lowest BCUT2D eigenvalue weighted by Gasteiger charge is -2.24. The van der Waals surface area contributed by atoms with E-state index in [0.717, 1.165) is 31.9 Å². The number of hydrogen-bond acceptors (Lipinski definition) is 5. The van der Waals surface area contributed by atoms with Crippen molar-refractivity contribution in [1.29, 1.82) is 0 Å². The zero-order chi connectivity index (χ0) is 12.8. The molecule has 0 spiro atoms. The molecule has 2 fully saturated rings. The number of hydrogen-bond donors (Lipinski definition) is 2. The van der Waals surface area contributed by atoms with Gasteiger partial charge in [0.1, 0.15) is 10.7 Å². The van der Waals surface area contributed by atoms with E-state index in [9.17, 15) is 8.42 Å². The number of nitrogens with zero attached hydrogens (tertiary/aromatic N) is 2. The number of aromatic nitrogens is 1. The fraction of sp³-hybridized carbons (Fsp3) is 0.545. The third-order valence-corrected chi connectivity index (χ3v) is 4.69. The van der Waals surface area contributed by atoms with Crippen molar-refractivity contribution < 1.29 is 8.42 Å². The fourth-order valence-electron chi connectivity index (χ4n) is 2.84. The van der Waals surface area contributed by atoms with Gasteiger partial charge in [-0.1, -0.05) is 0 Å². The van der Waals surface area contributed by atoms with Crippen molar-refractivity contribution in [3.05, 3.63) is 18.3 Å². The van der Waals surface area contributed by atoms with Crippen molar-refractivity contribution in [1.82, 2.24) is 10.3 Å². The van der Waals surface area contributed by atoms with Gasteiger partial charge in [-0.05, 0) is 24.5 Å². The van der Waals surface area contributed by atoms with Crippen molar-refractivity contribution in [3.8, 4) is 0 Å². The monoisotopic (exact) mass is 268 g/mol. The highest BCUT2D eigenvalue weighted by molar-refractivity contribution is 7.89. The molecule has 0 aliphatic carbocycles. The van der Waals surface area contributed by atoms with Crippen LogP contribution < -0.4 is 15.4 Å². The summed E-state index contributed by atoms with van der Waals surface area (Å²) in [5.74, 6) is 1.52. The summed E-state index contributed by atoms with van der Waals surface area (Å²) in [6.45, 7) is 3.03. The van der Waals surface area contributed by atoms with Gasteiger partial charge < -0.3 is 10.2 Å². The maximum absolute atomic E-state index is 11.2. The molecule has 6 nitrogen and oxygen atoms in total. The lowest BCUT2D eigenvalue weighted by Crippen LogP contribution is -2.34. The maximum Gasteiger partial charge on any atom is 0.239 e. The van der Waals surface area contributed by atoms with Gasteiger partial charge in [0, 0.05) is 31.9 Å². The van der Waals surface area contributed by atoms with Crippen molar-refractivity contribution in [2.45, 2.75) is 17.4 Å². The minimum absolute atomic E-state index is 0.0616. The van der Waals surface area contributed by atoms with E-state index in [1.165, 1.54) is 12.3 Å². The normalized spacial score (nSPS) is 27.5. The van der Waals surface area contributed by atoms with Gasteiger partial charge in [0.05, 0.1) is 0 Å². The summed E-state index contributed by atoms with van der Waals surface area (Å²) in [5, 5.41) is 8.43. The molecule has 3 N–H and O–H groups in total. The Morgan fingerprint density at radius 2 is 2.22 bits per heavy atom.